The van der Waals surface area contributed by atoms with Crippen molar-refractivity contribution >= 4 is 28.8 Å². The second kappa shape index (κ2) is 7.02. The molecular formula is C13H18ClFN2S. The van der Waals surface area contributed by atoms with Crippen LogP contribution in [0.1, 0.15) is 25.8 Å². The van der Waals surface area contributed by atoms with E-state index in [1.807, 2.05) is 0 Å². The van der Waals surface area contributed by atoms with Gasteiger partial charge in [0.05, 0.1) is 10.0 Å². The summed E-state index contributed by atoms with van der Waals surface area (Å²) < 4.78 is 13.1. The Kier molecular flexibility index (Phi) is 5.99. The zero-order valence-electron chi connectivity index (χ0n) is 10.6. The number of hydrogen-bond donors (Lipinski definition) is 1. The maximum atomic E-state index is 13.1. The molecule has 0 atom stereocenters. The van der Waals surface area contributed by atoms with Gasteiger partial charge in [-0.15, -0.1) is 0 Å². The number of rotatable bonds is 6. The molecule has 0 aromatic heterocycles. The first-order chi connectivity index (χ1) is 8.40. The number of hydrogen-bond acceptors (Lipinski definition) is 2. The van der Waals surface area contributed by atoms with Crippen molar-refractivity contribution in [3.63, 3.8) is 0 Å². The summed E-state index contributed by atoms with van der Waals surface area (Å²) in [6, 6.07) is 5.16. The van der Waals surface area contributed by atoms with Crippen molar-refractivity contribution in [3.05, 3.63) is 34.6 Å². The molecule has 100 valence electrons. The second-order valence-corrected chi connectivity index (χ2v) is 5.46. The van der Waals surface area contributed by atoms with Crippen LogP contribution in [-0.4, -0.2) is 22.5 Å². The monoisotopic (exact) mass is 288 g/mol. The SMILES string of the molecule is CC(C)N(CCC(N)=S)Cc1ccc(F)c(Cl)c1. The Balaban J connectivity index is 2.70. The predicted molar refractivity (Wildman–Crippen MR) is 78.4 cm³/mol. The lowest BCUT2D eigenvalue weighted by Crippen LogP contribution is -2.33. The number of nitrogens with zero attached hydrogens (tertiary/aromatic N) is 1. The van der Waals surface area contributed by atoms with Crippen LogP contribution in [0.25, 0.3) is 0 Å². The molecule has 5 heteroatoms. The highest BCUT2D eigenvalue weighted by molar-refractivity contribution is 7.80. The summed E-state index contributed by atoms with van der Waals surface area (Å²) in [6.07, 6.45) is 0.683. The van der Waals surface area contributed by atoms with Gasteiger partial charge in [-0.25, -0.2) is 4.39 Å². The average molecular weight is 289 g/mol. The molecule has 0 unspecified atom stereocenters. The van der Waals surface area contributed by atoms with Crippen molar-refractivity contribution in [3.8, 4) is 0 Å². The van der Waals surface area contributed by atoms with Gasteiger partial charge in [-0.05, 0) is 31.5 Å². The Labute approximate surface area is 118 Å². The fourth-order valence-electron chi connectivity index (χ4n) is 1.65. The Bertz CT molecular complexity index is 423. The Morgan fingerprint density at radius 2 is 2.17 bits per heavy atom. The van der Waals surface area contributed by atoms with Crippen molar-refractivity contribution < 1.29 is 4.39 Å². The molecule has 2 nitrogen and oxygen atoms in total. The van der Waals surface area contributed by atoms with Crippen molar-refractivity contribution in [2.45, 2.75) is 32.9 Å². The molecule has 2 N–H and O–H groups in total. The molecule has 1 aromatic rings. The highest BCUT2D eigenvalue weighted by Gasteiger charge is 2.11. The highest BCUT2D eigenvalue weighted by Crippen LogP contribution is 2.18. The molecule has 0 spiro atoms. The van der Waals surface area contributed by atoms with Gasteiger partial charge in [-0.2, -0.15) is 0 Å². The zero-order chi connectivity index (χ0) is 13.7. The molecule has 0 aliphatic carbocycles. The van der Waals surface area contributed by atoms with Crippen LogP contribution in [-0.2, 0) is 6.54 Å². The molecule has 0 saturated carbocycles. The van der Waals surface area contributed by atoms with Crippen molar-refractivity contribution in [1.29, 1.82) is 0 Å². The molecule has 1 aromatic carbocycles. The fraction of sp³-hybridized carbons (Fsp3) is 0.462. The lowest BCUT2D eigenvalue weighted by molar-refractivity contribution is 0.219. The standard InChI is InChI=1S/C13H18ClFN2S/c1-9(2)17(6-5-13(16)18)8-10-3-4-12(15)11(14)7-10/h3-4,7,9H,5-6,8H2,1-2H3,(H2,16,18). The number of nitrogens with two attached hydrogens (primary N) is 1. The molecule has 0 saturated heterocycles. The summed E-state index contributed by atoms with van der Waals surface area (Å²) in [5.74, 6) is -0.389. The first-order valence-electron chi connectivity index (χ1n) is 5.86. The summed E-state index contributed by atoms with van der Waals surface area (Å²) in [5.41, 5.74) is 6.50. The van der Waals surface area contributed by atoms with Gasteiger partial charge >= 0.3 is 0 Å². The zero-order valence-corrected chi connectivity index (χ0v) is 12.2. The third kappa shape index (κ3) is 4.88. The van der Waals surface area contributed by atoms with Crippen LogP contribution in [0, 0.1) is 5.82 Å². The van der Waals surface area contributed by atoms with Gasteiger partial charge in [0.1, 0.15) is 5.82 Å². The molecule has 0 bridgehead atoms. The molecule has 0 fully saturated rings. The van der Waals surface area contributed by atoms with E-state index in [1.54, 1.807) is 12.1 Å². The Morgan fingerprint density at radius 1 is 1.50 bits per heavy atom. The van der Waals surface area contributed by atoms with Crippen LogP contribution < -0.4 is 5.73 Å². The van der Waals surface area contributed by atoms with Crippen LogP contribution in [0.5, 0.6) is 0 Å². The molecule has 1 rings (SSSR count). The van der Waals surface area contributed by atoms with Crippen LogP contribution in [0.2, 0.25) is 5.02 Å². The van der Waals surface area contributed by atoms with Crippen LogP contribution in [0.4, 0.5) is 4.39 Å². The molecular weight excluding hydrogens is 271 g/mol. The maximum Gasteiger partial charge on any atom is 0.141 e. The van der Waals surface area contributed by atoms with E-state index >= 15 is 0 Å². The van der Waals surface area contributed by atoms with E-state index in [-0.39, 0.29) is 10.8 Å². The van der Waals surface area contributed by atoms with E-state index in [0.717, 1.165) is 12.1 Å². The van der Waals surface area contributed by atoms with Crippen molar-refractivity contribution in [1.82, 2.24) is 4.90 Å². The average Bonchev–Trinajstić information content (AvgIpc) is 2.28. The minimum atomic E-state index is -0.389. The minimum Gasteiger partial charge on any atom is -0.393 e. The van der Waals surface area contributed by atoms with Gasteiger partial charge in [0.15, 0.2) is 0 Å². The van der Waals surface area contributed by atoms with Crippen LogP contribution in [0.15, 0.2) is 18.2 Å². The lowest BCUT2D eigenvalue weighted by Gasteiger charge is -2.26. The second-order valence-electron chi connectivity index (χ2n) is 4.53. The number of thiocarbonyl (C=S) groups is 1. The summed E-state index contributed by atoms with van der Waals surface area (Å²) >= 11 is 10.7. The van der Waals surface area contributed by atoms with Crippen molar-refractivity contribution in [2.75, 3.05) is 6.54 Å². The van der Waals surface area contributed by atoms with Gasteiger partial charge in [0.2, 0.25) is 0 Å². The number of halogens is 2. The van der Waals surface area contributed by atoms with E-state index in [4.69, 9.17) is 29.6 Å². The maximum absolute atomic E-state index is 13.1. The molecule has 0 aliphatic heterocycles. The van der Waals surface area contributed by atoms with Gasteiger partial charge < -0.3 is 5.73 Å². The molecule has 0 amide bonds. The molecule has 0 aliphatic rings. The Hall–Kier alpha value is -0.710. The van der Waals surface area contributed by atoms with Crippen molar-refractivity contribution in [2.24, 2.45) is 5.73 Å². The van der Waals surface area contributed by atoms with Crippen LogP contribution in [0.3, 0.4) is 0 Å². The third-order valence-electron chi connectivity index (χ3n) is 2.75. The largest absolute Gasteiger partial charge is 0.393 e. The van der Waals surface area contributed by atoms with E-state index in [0.29, 0.717) is 24.0 Å². The van der Waals surface area contributed by atoms with E-state index in [9.17, 15) is 4.39 Å². The topological polar surface area (TPSA) is 29.3 Å². The van der Waals surface area contributed by atoms with Gasteiger partial charge in [0, 0.05) is 25.6 Å². The quantitative estimate of drug-likeness (QED) is 0.814. The summed E-state index contributed by atoms with van der Waals surface area (Å²) in [4.78, 5) is 2.74. The van der Waals surface area contributed by atoms with Crippen LogP contribution >= 0.6 is 23.8 Å². The number of benzene rings is 1. The summed E-state index contributed by atoms with van der Waals surface area (Å²) in [5, 5.41) is 0.158. The molecule has 0 heterocycles. The first kappa shape index (κ1) is 15.3. The van der Waals surface area contributed by atoms with Gasteiger partial charge in [0.25, 0.3) is 0 Å². The van der Waals surface area contributed by atoms with E-state index < -0.39 is 0 Å². The predicted octanol–water partition coefficient (Wildman–Crippen LogP) is 3.37. The lowest BCUT2D eigenvalue weighted by atomic mass is 10.1. The third-order valence-corrected chi connectivity index (χ3v) is 3.24. The van der Waals surface area contributed by atoms with Gasteiger partial charge in [-0.3, -0.25) is 4.90 Å². The fourth-order valence-corrected chi connectivity index (χ4v) is 1.94. The van der Waals surface area contributed by atoms with E-state index in [1.165, 1.54) is 6.07 Å². The van der Waals surface area contributed by atoms with Gasteiger partial charge in [-0.1, -0.05) is 29.9 Å². The molecule has 18 heavy (non-hydrogen) atoms. The normalized spacial score (nSPS) is 11.2. The highest BCUT2D eigenvalue weighted by atomic mass is 35.5. The molecule has 0 radical (unpaired) electrons. The summed E-state index contributed by atoms with van der Waals surface area (Å²) in [6.45, 7) is 5.71. The smallest absolute Gasteiger partial charge is 0.141 e. The summed E-state index contributed by atoms with van der Waals surface area (Å²) in [7, 11) is 0. The first-order valence-corrected chi connectivity index (χ1v) is 6.65. The Morgan fingerprint density at radius 3 is 2.67 bits per heavy atom. The minimum absolute atomic E-state index is 0.158. The van der Waals surface area contributed by atoms with E-state index in [2.05, 4.69) is 18.7 Å².